The molecule has 1 rings (SSSR count). The summed E-state index contributed by atoms with van der Waals surface area (Å²) in [5.41, 5.74) is -0.831. The third kappa shape index (κ3) is 2.52. The molecule has 15 heavy (non-hydrogen) atoms. The van der Waals surface area contributed by atoms with Crippen molar-refractivity contribution in [2.45, 2.75) is 25.7 Å². The van der Waals surface area contributed by atoms with Gasteiger partial charge in [-0.1, -0.05) is 26.0 Å². The molecule has 0 aliphatic heterocycles. The second kappa shape index (κ2) is 3.96. The first kappa shape index (κ1) is 11.6. The molecule has 0 atom stereocenters. The maximum atomic E-state index is 13.4. The van der Waals surface area contributed by atoms with Gasteiger partial charge in [0.15, 0.2) is 11.6 Å². The molecule has 1 aromatic rings. The van der Waals surface area contributed by atoms with E-state index in [-0.39, 0.29) is 12.0 Å². The lowest BCUT2D eigenvalue weighted by atomic mass is 9.81. The van der Waals surface area contributed by atoms with Gasteiger partial charge in [0.1, 0.15) is 0 Å². The van der Waals surface area contributed by atoms with Gasteiger partial charge in [0.05, 0.1) is 6.42 Å². The number of rotatable bonds is 3. The number of carboxylic acid groups (broad SMARTS) is 1. The fourth-order valence-corrected chi connectivity index (χ4v) is 1.50. The van der Waals surface area contributed by atoms with Gasteiger partial charge >= 0.3 is 5.97 Å². The highest BCUT2D eigenvalue weighted by atomic mass is 19.2. The monoisotopic (exact) mass is 214 g/mol. The number of carbonyl (C=O) groups is 1. The third-order valence-corrected chi connectivity index (χ3v) is 2.27. The van der Waals surface area contributed by atoms with Crippen molar-refractivity contribution in [1.82, 2.24) is 0 Å². The lowest BCUT2D eigenvalue weighted by Gasteiger charge is -2.23. The molecule has 0 radical (unpaired) electrons. The van der Waals surface area contributed by atoms with Crippen molar-refractivity contribution in [3.63, 3.8) is 0 Å². The standard InChI is InChI=1S/C11H12F2O2/c1-11(2,6-9(14)15)7-4-3-5-8(12)10(7)13/h3-5H,6H2,1-2H3,(H,14,15). The van der Waals surface area contributed by atoms with Gasteiger partial charge in [-0.25, -0.2) is 8.78 Å². The highest BCUT2D eigenvalue weighted by Crippen LogP contribution is 2.29. The van der Waals surface area contributed by atoms with E-state index in [1.165, 1.54) is 12.1 Å². The first-order valence-corrected chi connectivity index (χ1v) is 4.51. The Bertz CT molecular complexity index is 386. The fraction of sp³-hybridized carbons (Fsp3) is 0.364. The van der Waals surface area contributed by atoms with Gasteiger partial charge in [0, 0.05) is 5.41 Å². The van der Waals surface area contributed by atoms with Crippen molar-refractivity contribution in [3.05, 3.63) is 35.4 Å². The molecule has 0 aliphatic carbocycles. The summed E-state index contributed by atoms with van der Waals surface area (Å²) < 4.78 is 26.3. The van der Waals surface area contributed by atoms with E-state index in [0.717, 1.165) is 6.07 Å². The van der Waals surface area contributed by atoms with E-state index in [9.17, 15) is 13.6 Å². The van der Waals surface area contributed by atoms with Crippen LogP contribution in [-0.4, -0.2) is 11.1 Å². The van der Waals surface area contributed by atoms with Crippen LogP contribution in [0.1, 0.15) is 25.8 Å². The van der Waals surface area contributed by atoms with Crippen LogP contribution in [-0.2, 0) is 10.2 Å². The number of benzene rings is 1. The molecular weight excluding hydrogens is 202 g/mol. The van der Waals surface area contributed by atoms with Crippen LogP contribution in [0.15, 0.2) is 18.2 Å². The number of aliphatic carboxylic acids is 1. The van der Waals surface area contributed by atoms with Crippen molar-refractivity contribution >= 4 is 5.97 Å². The van der Waals surface area contributed by atoms with E-state index in [1.807, 2.05) is 0 Å². The maximum absolute atomic E-state index is 13.4. The Morgan fingerprint density at radius 2 is 2.00 bits per heavy atom. The average Bonchev–Trinajstić information content (AvgIpc) is 2.07. The molecule has 0 bridgehead atoms. The predicted octanol–water partition coefficient (Wildman–Crippen LogP) is 2.72. The molecule has 82 valence electrons. The van der Waals surface area contributed by atoms with Gasteiger partial charge in [-0.2, -0.15) is 0 Å². The molecule has 0 aromatic heterocycles. The Labute approximate surface area is 86.5 Å². The van der Waals surface area contributed by atoms with Gasteiger partial charge in [-0.05, 0) is 11.6 Å². The molecule has 2 nitrogen and oxygen atoms in total. The van der Waals surface area contributed by atoms with Crippen LogP contribution in [0.25, 0.3) is 0 Å². The lowest BCUT2D eigenvalue weighted by Crippen LogP contribution is -2.23. The smallest absolute Gasteiger partial charge is 0.304 e. The molecule has 1 aromatic carbocycles. The zero-order valence-corrected chi connectivity index (χ0v) is 8.55. The molecule has 0 saturated heterocycles. The van der Waals surface area contributed by atoms with Gasteiger partial charge in [0.2, 0.25) is 0 Å². The quantitative estimate of drug-likeness (QED) is 0.839. The van der Waals surface area contributed by atoms with Crippen molar-refractivity contribution in [2.75, 3.05) is 0 Å². The molecular formula is C11H12F2O2. The Kier molecular flexibility index (Phi) is 3.07. The minimum atomic E-state index is -1.04. The van der Waals surface area contributed by atoms with Crippen LogP contribution >= 0.6 is 0 Å². The largest absolute Gasteiger partial charge is 0.481 e. The Morgan fingerprint density at radius 1 is 1.40 bits per heavy atom. The molecule has 0 aliphatic rings. The average molecular weight is 214 g/mol. The predicted molar refractivity (Wildman–Crippen MR) is 51.6 cm³/mol. The molecule has 0 amide bonds. The highest BCUT2D eigenvalue weighted by molar-refractivity contribution is 5.68. The minimum Gasteiger partial charge on any atom is -0.481 e. The van der Waals surface area contributed by atoms with Crippen LogP contribution < -0.4 is 0 Å². The van der Waals surface area contributed by atoms with E-state index in [2.05, 4.69) is 0 Å². The van der Waals surface area contributed by atoms with E-state index in [1.54, 1.807) is 13.8 Å². The van der Waals surface area contributed by atoms with E-state index in [0.29, 0.717) is 0 Å². The Balaban J connectivity index is 3.14. The van der Waals surface area contributed by atoms with Crippen LogP contribution in [0.4, 0.5) is 8.78 Å². The maximum Gasteiger partial charge on any atom is 0.304 e. The Morgan fingerprint density at radius 3 is 2.53 bits per heavy atom. The molecule has 1 N–H and O–H groups in total. The Hall–Kier alpha value is -1.45. The van der Waals surface area contributed by atoms with Crippen LogP contribution in [0, 0.1) is 11.6 Å². The van der Waals surface area contributed by atoms with E-state index < -0.39 is 23.0 Å². The first-order valence-electron chi connectivity index (χ1n) is 4.51. The lowest BCUT2D eigenvalue weighted by molar-refractivity contribution is -0.138. The molecule has 4 heteroatoms. The summed E-state index contributed by atoms with van der Waals surface area (Å²) in [4.78, 5) is 10.6. The summed E-state index contributed by atoms with van der Waals surface area (Å²) in [6, 6.07) is 3.79. The topological polar surface area (TPSA) is 37.3 Å². The number of hydrogen-bond acceptors (Lipinski definition) is 1. The summed E-state index contributed by atoms with van der Waals surface area (Å²) in [5, 5.41) is 8.65. The van der Waals surface area contributed by atoms with E-state index >= 15 is 0 Å². The van der Waals surface area contributed by atoms with Crippen molar-refractivity contribution in [1.29, 1.82) is 0 Å². The zero-order chi connectivity index (χ0) is 11.6. The summed E-state index contributed by atoms with van der Waals surface area (Å²) >= 11 is 0. The summed E-state index contributed by atoms with van der Waals surface area (Å²) in [6.45, 7) is 3.14. The normalized spacial score (nSPS) is 11.5. The molecule has 0 fully saturated rings. The van der Waals surface area contributed by atoms with Crippen molar-refractivity contribution in [3.8, 4) is 0 Å². The first-order chi connectivity index (χ1) is 6.84. The fourth-order valence-electron chi connectivity index (χ4n) is 1.50. The SMILES string of the molecule is CC(C)(CC(=O)O)c1cccc(F)c1F. The molecule has 0 heterocycles. The summed E-state index contributed by atoms with van der Waals surface area (Å²) in [6.07, 6.45) is -0.243. The van der Waals surface area contributed by atoms with Crippen molar-refractivity contribution in [2.24, 2.45) is 0 Å². The number of hydrogen-bond donors (Lipinski definition) is 1. The minimum absolute atomic E-state index is 0.0879. The van der Waals surface area contributed by atoms with Gasteiger partial charge in [0.25, 0.3) is 0 Å². The molecule has 0 spiro atoms. The highest BCUT2D eigenvalue weighted by Gasteiger charge is 2.28. The second-order valence-electron chi connectivity index (χ2n) is 4.06. The molecule has 0 saturated carbocycles. The third-order valence-electron chi connectivity index (χ3n) is 2.27. The van der Waals surface area contributed by atoms with E-state index in [4.69, 9.17) is 5.11 Å². The van der Waals surface area contributed by atoms with Crippen LogP contribution in [0.2, 0.25) is 0 Å². The molecule has 0 unspecified atom stereocenters. The summed E-state index contributed by atoms with van der Waals surface area (Å²) in [7, 11) is 0. The van der Waals surface area contributed by atoms with Gasteiger partial charge in [-0.3, -0.25) is 4.79 Å². The van der Waals surface area contributed by atoms with Crippen LogP contribution in [0.5, 0.6) is 0 Å². The number of carboxylic acids is 1. The van der Waals surface area contributed by atoms with Gasteiger partial charge in [-0.15, -0.1) is 0 Å². The zero-order valence-electron chi connectivity index (χ0n) is 8.55. The van der Waals surface area contributed by atoms with Gasteiger partial charge < -0.3 is 5.11 Å². The van der Waals surface area contributed by atoms with Crippen molar-refractivity contribution < 1.29 is 18.7 Å². The summed E-state index contributed by atoms with van der Waals surface area (Å²) in [5.74, 6) is -2.96. The second-order valence-corrected chi connectivity index (χ2v) is 4.06. The number of halogens is 2. The van der Waals surface area contributed by atoms with Crippen LogP contribution in [0.3, 0.4) is 0 Å².